The largest absolute Gasteiger partial charge is 0.301 e. The maximum Gasteiger partial charge on any atom is 0.105 e. The lowest BCUT2D eigenvalue weighted by Gasteiger charge is -2.42. The summed E-state index contributed by atoms with van der Waals surface area (Å²) in [5.74, 6) is 0. The molecule has 8 aromatic carbocycles. The van der Waals surface area contributed by atoms with Crippen molar-refractivity contribution in [2.75, 3.05) is 19.1 Å². The van der Waals surface area contributed by atoms with Crippen molar-refractivity contribution >= 4 is 11.4 Å². The highest BCUT2D eigenvalue weighted by Gasteiger charge is 2.41. The van der Waals surface area contributed by atoms with Crippen LogP contribution in [0.2, 0.25) is 0 Å². The Morgan fingerprint density at radius 3 is 1.59 bits per heavy atom. The zero-order chi connectivity index (χ0) is 40.1. The maximum atomic E-state index is 4.11. The first-order valence-electron chi connectivity index (χ1n) is 20.7. The van der Waals surface area contributed by atoms with E-state index in [0.29, 0.717) is 0 Å². The molecule has 2 aliphatic rings. The molecular weight excluding hydrogens is 717 g/mol. The van der Waals surface area contributed by atoms with Gasteiger partial charge in [0, 0.05) is 23.6 Å². The molecule has 4 heteroatoms. The number of hydrogen-bond donors (Lipinski definition) is 2. The van der Waals surface area contributed by atoms with E-state index in [-0.39, 0.29) is 17.7 Å². The van der Waals surface area contributed by atoms with E-state index < -0.39 is 0 Å². The average Bonchev–Trinajstić information content (AvgIpc) is 3.45. The van der Waals surface area contributed by atoms with Crippen LogP contribution in [0.4, 0.5) is 11.4 Å². The predicted molar refractivity (Wildman–Crippen MR) is 246 cm³/mol. The van der Waals surface area contributed by atoms with Gasteiger partial charge >= 0.3 is 0 Å². The van der Waals surface area contributed by atoms with Crippen molar-refractivity contribution in [1.29, 1.82) is 0 Å². The molecule has 8 aromatic rings. The fourth-order valence-corrected chi connectivity index (χ4v) is 9.63. The minimum atomic E-state index is -0.258. The van der Waals surface area contributed by atoms with Crippen LogP contribution in [0.15, 0.2) is 194 Å². The van der Waals surface area contributed by atoms with Crippen LogP contribution in [0, 0.1) is 0 Å². The van der Waals surface area contributed by atoms with Crippen LogP contribution in [0.3, 0.4) is 0 Å². The Morgan fingerprint density at radius 1 is 0.458 bits per heavy atom. The van der Waals surface area contributed by atoms with Crippen molar-refractivity contribution in [1.82, 2.24) is 15.6 Å². The summed E-state index contributed by atoms with van der Waals surface area (Å²) in [4.78, 5) is 0. The smallest absolute Gasteiger partial charge is 0.105 e. The third kappa shape index (κ3) is 6.29. The number of benzene rings is 8. The Kier molecular flexibility index (Phi) is 9.34. The summed E-state index contributed by atoms with van der Waals surface area (Å²) in [5, 5.41) is 12.6. The maximum absolute atomic E-state index is 4.11. The molecule has 1 aliphatic heterocycles. The molecule has 0 aromatic heterocycles. The van der Waals surface area contributed by atoms with Crippen molar-refractivity contribution < 1.29 is 0 Å². The molecule has 59 heavy (non-hydrogen) atoms. The van der Waals surface area contributed by atoms with E-state index in [1.54, 1.807) is 0 Å². The van der Waals surface area contributed by atoms with Crippen molar-refractivity contribution in [2.24, 2.45) is 0 Å². The van der Waals surface area contributed by atoms with Crippen molar-refractivity contribution in [2.45, 2.75) is 31.6 Å². The van der Waals surface area contributed by atoms with E-state index in [9.17, 15) is 0 Å². The molecule has 0 bridgehead atoms. The molecule has 0 spiro atoms. The summed E-state index contributed by atoms with van der Waals surface area (Å²) in [6, 6.07) is 70.8. The van der Waals surface area contributed by atoms with Gasteiger partial charge in [-0.2, -0.15) is 5.01 Å². The number of rotatable bonds is 9. The van der Waals surface area contributed by atoms with Crippen LogP contribution in [0.1, 0.15) is 48.4 Å². The third-order valence-electron chi connectivity index (χ3n) is 12.5. The zero-order valence-corrected chi connectivity index (χ0v) is 34.0. The summed E-state index contributed by atoms with van der Waals surface area (Å²) in [6.07, 6.45) is -0.417. The van der Waals surface area contributed by atoms with Crippen molar-refractivity contribution in [3.8, 4) is 55.6 Å². The fraction of sp³-hybridized carbons (Fsp3) is 0.127. The molecule has 288 valence electrons. The SMILES string of the molecule is CNC(NC(c1ccc(-c2ccccc2)cc1)N(C)N1c2ccccc2-c2ccccc2-c2c1ccc1c2C(C)(C)c2ccccc2-1)c1ccc(-c2ccccc2)cc1. The van der Waals surface area contributed by atoms with Crippen LogP contribution in [0.5, 0.6) is 0 Å². The highest BCUT2D eigenvalue weighted by atomic mass is 15.7. The topological polar surface area (TPSA) is 30.5 Å². The van der Waals surface area contributed by atoms with Gasteiger partial charge in [-0.1, -0.05) is 196 Å². The highest BCUT2D eigenvalue weighted by Crippen LogP contribution is 2.58. The van der Waals surface area contributed by atoms with Gasteiger partial charge < -0.3 is 5.32 Å². The molecule has 2 N–H and O–H groups in total. The van der Waals surface area contributed by atoms with Crippen LogP contribution in [0.25, 0.3) is 55.6 Å². The normalized spacial score (nSPS) is 14.4. The summed E-state index contributed by atoms with van der Waals surface area (Å²) in [6.45, 7) is 4.79. The van der Waals surface area contributed by atoms with E-state index in [0.717, 1.165) is 22.5 Å². The van der Waals surface area contributed by atoms with E-state index in [1.165, 1.54) is 66.8 Å². The zero-order valence-electron chi connectivity index (χ0n) is 34.0. The van der Waals surface area contributed by atoms with Gasteiger partial charge in [0.25, 0.3) is 0 Å². The highest BCUT2D eigenvalue weighted by molar-refractivity contribution is 6.04. The standard InChI is InChI=1S/C55H48N4/c1-55(2)48-25-15-13-22-44(48)47-35-36-50-51(52(47)55)46-24-12-11-21-43(46)45-23-14-16-26-49(45)59(50)58(4)54(42-33-29-40(30-34-42)38-19-9-6-10-20-38)57-53(56-3)41-31-27-39(28-32-41)37-17-7-5-8-18-37/h5-36,53-54,56-57H,1-4H3. The van der Waals surface area contributed by atoms with Gasteiger partial charge in [0.05, 0.1) is 17.5 Å². The van der Waals surface area contributed by atoms with Crippen LogP contribution < -0.4 is 15.6 Å². The first-order valence-corrected chi connectivity index (χ1v) is 20.7. The average molecular weight is 765 g/mol. The Hall–Kier alpha value is -6.56. The number of hydrogen-bond acceptors (Lipinski definition) is 4. The molecule has 2 unspecified atom stereocenters. The summed E-state index contributed by atoms with van der Waals surface area (Å²) in [5.41, 5.74) is 19.6. The van der Waals surface area contributed by atoms with Gasteiger partial charge in [-0.05, 0) is 85.9 Å². The van der Waals surface area contributed by atoms with Gasteiger partial charge in [0.15, 0.2) is 0 Å². The molecule has 0 saturated carbocycles. The van der Waals surface area contributed by atoms with Gasteiger partial charge in [0.2, 0.25) is 0 Å². The lowest BCUT2D eigenvalue weighted by Crippen LogP contribution is -2.48. The molecule has 1 heterocycles. The number of hydrazine groups is 1. The molecular formula is C55H48N4. The summed E-state index contributed by atoms with van der Waals surface area (Å²) >= 11 is 0. The molecule has 1 aliphatic carbocycles. The summed E-state index contributed by atoms with van der Waals surface area (Å²) < 4.78 is 0. The second-order valence-electron chi connectivity index (χ2n) is 16.3. The Labute approximate surface area is 348 Å². The predicted octanol–water partition coefficient (Wildman–Crippen LogP) is 13.2. The molecule has 2 atom stereocenters. The van der Waals surface area contributed by atoms with E-state index in [1.807, 2.05) is 7.05 Å². The number of nitrogens with zero attached hydrogens (tertiary/aromatic N) is 2. The van der Waals surface area contributed by atoms with Gasteiger partial charge in [-0.3, -0.25) is 10.3 Å². The van der Waals surface area contributed by atoms with Crippen LogP contribution in [-0.4, -0.2) is 19.1 Å². The Morgan fingerprint density at radius 2 is 0.966 bits per heavy atom. The number of para-hydroxylation sites is 1. The van der Waals surface area contributed by atoms with E-state index in [4.69, 9.17) is 0 Å². The molecule has 0 radical (unpaired) electrons. The first kappa shape index (κ1) is 36.8. The molecule has 10 rings (SSSR count). The van der Waals surface area contributed by atoms with Crippen molar-refractivity contribution in [3.05, 3.63) is 216 Å². The molecule has 0 fully saturated rings. The molecule has 4 nitrogen and oxygen atoms in total. The minimum absolute atomic E-state index is 0.159. The number of anilines is 2. The van der Waals surface area contributed by atoms with Gasteiger partial charge in [0.1, 0.15) is 6.17 Å². The van der Waals surface area contributed by atoms with Crippen LogP contribution >= 0.6 is 0 Å². The third-order valence-corrected chi connectivity index (χ3v) is 12.5. The van der Waals surface area contributed by atoms with Gasteiger partial charge in [-0.25, -0.2) is 0 Å². The van der Waals surface area contributed by atoms with E-state index >= 15 is 0 Å². The molecule has 0 amide bonds. The summed E-state index contributed by atoms with van der Waals surface area (Å²) in [7, 11) is 4.27. The number of fused-ring (bicyclic) bond motifs is 9. The lowest BCUT2D eigenvalue weighted by molar-refractivity contribution is 0.183. The minimum Gasteiger partial charge on any atom is -0.301 e. The van der Waals surface area contributed by atoms with E-state index in [2.05, 4.69) is 236 Å². The van der Waals surface area contributed by atoms with Gasteiger partial charge in [-0.15, -0.1) is 0 Å². The number of nitrogens with one attached hydrogen (secondary N) is 2. The Bertz CT molecular complexity index is 2770. The second kappa shape index (κ2) is 15.0. The monoisotopic (exact) mass is 764 g/mol. The lowest BCUT2D eigenvalue weighted by atomic mass is 9.77. The first-order chi connectivity index (χ1) is 28.9. The molecule has 0 saturated heterocycles. The fourth-order valence-electron chi connectivity index (χ4n) is 9.63. The van der Waals surface area contributed by atoms with Crippen LogP contribution in [-0.2, 0) is 5.41 Å². The Balaban J connectivity index is 1.14. The van der Waals surface area contributed by atoms with Crippen molar-refractivity contribution in [3.63, 3.8) is 0 Å². The quantitative estimate of drug-likeness (QED) is 0.143. The second-order valence-corrected chi connectivity index (χ2v) is 16.3.